The van der Waals surface area contributed by atoms with Crippen LogP contribution in [0.15, 0.2) is 0 Å². The van der Waals surface area contributed by atoms with Crippen molar-refractivity contribution in [2.24, 2.45) is 11.8 Å². The summed E-state index contributed by atoms with van der Waals surface area (Å²) in [6.45, 7) is 2.22. The molecule has 10 heavy (non-hydrogen) atoms. The fraction of sp³-hybridized carbons (Fsp3) is 1.00. The summed E-state index contributed by atoms with van der Waals surface area (Å²) in [4.78, 5) is 0. The van der Waals surface area contributed by atoms with Gasteiger partial charge in [-0.3, -0.25) is 0 Å². The molecule has 0 heterocycles. The number of aliphatic hydroxyl groups is 1. The Morgan fingerprint density at radius 3 is 2.40 bits per heavy atom. The molecule has 0 bridgehead atoms. The van der Waals surface area contributed by atoms with Crippen molar-refractivity contribution >= 4 is 0 Å². The van der Waals surface area contributed by atoms with Crippen molar-refractivity contribution in [3.63, 3.8) is 0 Å². The summed E-state index contributed by atoms with van der Waals surface area (Å²) < 4.78 is 0. The first-order valence-corrected chi connectivity index (χ1v) is 4.40. The zero-order chi connectivity index (χ0) is 7.19. The van der Waals surface area contributed by atoms with Crippen LogP contribution in [0.2, 0.25) is 0 Å². The van der Waals surface area contributed by atoms with E-state index in [0.29, 0.717) is 0 Å². The van der Waals surface area contributed by atoms with Crippen LogP contribution in [0.1, 0.15) is 39.0 Å². The maximum Gasteiger partial charge on any atom is 0.0655 e. The number of hydrogen-bond acceptors (Lipinski definition) is 1. The van der Waals surface area contributed by atoms with Gasteiger partial charge in [-0.2, -0.15) is 0 Å². The van der Waals surface area contributed by atoms with Crippen molar-refractivity contribution in [3.05, 3.63) is 0 Å². The minimum absolute atomic E-state index is 0.222. The molecule has 0 saturated heterocycles. The molecule has 2 fully saturated rings. The summed E-state index contributed by atoms with van der Waals surface area (Å²) >= 11 is 0. The van der Waals surface area contributed by atoms with Crippen molar-refractivity contribution in [2.45, 2.75) is 44.6 Å². The van der Waals surface area contributed by atoms with Crippen LogP contribution >= 0.6 is 0 Å². The highest BCUT2D eigenvalue weighted by molar-refractivity contribution is 4.95. The minimum atomic E-state index is -0.222. The Labute approximate surface area is 62.4 Å². The Hall–Kier alpha value is -0.0400. The first-order chi connectivity index (χ1) is 4.68. The molecule has 0 aromatic heterocycles. The average Bonchev–Trinajstić information content (AvgIpc) is 2.45. The molecule has 0 aromatic rings. The third-order valence-corrected chi connectivity index (χ3v) is 2.82. The third-order valence-electron chi connectivity index (χ3n) is 2.82. The van der Waals surface area contributed by atoms with Crippen LogP contribution in [-0.2, 0) is 0 Å². The lowest BCUT2D eigenvalue weighted by Gasteiger charge is -2.42. The highest BCUT2D eigenvalue weighted by Crippen LogP contribution is 2.47. The predicted octanol–water partition coefficient (Wildman–Crippen LogP) is 1.95. The van der Waals surface area contributed by atoms with Gasteiger partial charge in [0.2, 0.25) is 0 Å². The molecule has 2 rings (SSSR count). The van der Waals surface area contributed by atoms with Crippen molar-refractivity contribution in [3.8, 4) is 0 Å². The van der Waals surface area contributed by atoms with Crippen molar-refractivity contribution in [1.29, 1.82) is 0 Å². The van der Waals surface area contributed by atoms with E-state index in [-0.39, 0.29) is 5.60 Å². The molecule has 1 nitrogen and oxygen atoms in total. The Morgan fingerprint density at radius 1 is 1.40 bits per heavy atom. The smallest absolute Gasteiger partial charge is 0.0655 e. The molecule has 1 N–H and O–H groups in total. The van der Waals surface area contributed by atoms with Crippen molar-refractivity contribution in [1.82, 2.24) is 0 Å². The van der Waals surface area contributed by atoms with E-state index in [1.807, 2.05) is 0 Å². The van der Waals surface area contributed by atoms with E-state index in [9.17, 15) is 5.11 Å². The van der Waals surface area contributed by atoms with Gasteiger partial charge in [0.15, 0.2) is 0 Å². The van der Waals surface area contributed by atoms with Crippen molar-refractivity contribution in [2.75, 3.05) is 0 Å². The Balaban J connectivity index is 1.79. The van der Waals surface area contributed by atoms with Crippen LogP contribution in [0.4, 0.5) is 0 Å². The summed E-state index contributed by atoms with van der Waals surface area (Å²) in [5.74, 6) is 1.67. The lowest BCUT2D eigenvalue weighted by atomic mass is 9.69. The van der Waals surface area contributed by atoms with Gasteiger partial charge in [0.25, 0.3) is 0 Å². The molecule has 0 aliphatic heterocycles. The molecular weight excluding hydrogens is 124 g/mol. The molecule has 0 atom stereocenters. The van der Waals surface area contributed by atoms with Crippen LogP contribution in [0.3, 0.4) is 0 Å². The summed E-state index contributed by atoms with van der Waals surface area (Å²) in [5.41, 5.74) is -0.222. The fourth-order valence-corrected chi connectivity index (χ4v) is 2.26. The molecule has 1 heteroatoms. The van der Waals surface area contributed by atoms with Gasteiger partial charge in [0, 0.05) is 0 Å². The molecule has 0 spiro atoms. The summed E-state index contributed by atoms with van der Waals surface area (Å²) in [6.07, 6.45) is 5.96. The second kappa shape index (κ2) is 1.97. The first kappa shape index (κ1) is 6.66. The maximum absolute atomic E-state index is 9.79. The predicted molar refractivity (Wildman–Crippen MR) is 40.7 cm³/mol. The average molecular weight is 140 g/mol. The molecule has 0 radical (unpaired) electrons. The summed E-state index contributed by atoms with van der Waals surface area (Å²) in [5, 5.41) is 9.79. The minimum Gasteiger partial charge on any atom is -0.390 e. The summed E-state index contributed by atoms with van der Waals surface area (Å²) in [7, 11) is 0. The summed E-state index contributed by atoms with van der Waals surface area (Å²) in [6, 6.07) is 0. The SMILES string of the molecule is CC1CC(O)(CC2CC2)C1. The second-order valence-corrected chi connectivity index (χ2v) is 4.39. The van der Waals surface area contributed by atoms with E-state index in [1.54, 1.807) is 0 Å². The Bertz CT molecular complexity index is 132. The maximum atomic E-state index is 9.79. The van der Waals surface area contributed by atoms with E-state index in [0.717, 1.165) is 31.1 Å². The van der Waals surface area contributed by atoms with Crippen LogP contribution in [0, 0.1) is 11.8 Å². The van der Waals surface area contributed by atoms with Gasteiger partial charge in [0.05, 0.1) is 5.60 Å². The highest BCUT2D eigenvalue weighted by Gasteiger charge is 2.43. The van der Waals surface area contributed by atoms with Gasteiger partial charge < -0.3 is 5.11 Å². The topological polar surface area (TPSA) is 20.2 Å². The highest BCUT2D eigenvalue weighted by atomic mass is 16.3. The van der Waals surface area contributed by atoms with Crippen LogP contribution in [-0.4, -0.2) is 10.7 Å². The molecule has 58 valence electrons. The molecule has 0 amide bonds. The molecule has 2 aliphatic rings. The molecule has 2 aliphatic carbocycles. The second-order valence-electron chi connectivity index (χ2n) is 4.39. The molecule has 0 unspecified atom stereocenters. The zero-order valence-electron chi connectivity index (χ0n) is 6.64. The zero-order valence-corrected chi connectivity index (χ0v) is 6.64. The van der Waals surface area contributed by atoms with E-state index in [2.05, 4.69) is 6.92 Å². The van der Waals surface area contributed by atoms with Gasteiger partial charge in [0.1, 0.15) is 0 Å². The first-order valence-electron chi connectivity index (χ1n) is 4.40. The van der Waals surface area contributed by atoms with E-state index in [1.165, 1.54) is 12.8 Å². The molecular formula is C9H16O. The fourth-order valence-electron chi connectivity index (χ4n) is 2.26. The van der Waals surface area contributed by atoms with Gasteiger partial charge in [-0.25, -0.2) is 0 Å². The quantitative estimate of drug-likeness (QED) is 0.621. The van der Waals surface area contributed by atoms with Crippen LogP contribution in [0.25, 0.3) is 0 Å². The standard InChI is InChI=1S/C9H16O/c1-7-4-9(10,5-7)6-8-2-3-8/h7-8,10H,2-6H2,1H3. The van der Waals surface area contributed by atoms with Crippen LogP contribution < -0.4 is 0 Å². The molecule has 0 aromatic carbocycles. The van der Waals surface area contributed by atoms with Gasteiger partial charge in [-0.05, 0) is 31.1 Å². The van der Waals surface area contributed by atoms with Gasteiger partial charge in [-0.15, -0.1) is 0 Å². The third kappa shape index (κ3) is 1.20. The van der Waals surface area contributed by atoms with Gasteiger partial charge in [-0.1, -0.05) is 19.8 Å². The number of rotatable bonds is 2. The van der Waals surface area contributed by atoms with Crippen LogP contribution in [0.5, 0.6) is 0 Å². The normalized spacial score (nSPS) is 46.8. The van der Waals surface area contributed by atoms with E-state index < -0.39 is 0 Å². The lowest BCUT2D eigenvalue weighted by Crippen LogP contribution is -2.42. The lowest BCUT2D eigenvalue weighted by molar-refractivity contribution is -0.0774. The monoisotopic (exact) mass is 140 g/mol. The Kier molecular flexibility index (Phi) is 1.31. The Morgan fingerprint density at radius 2 is 2.00 bits per heavy atom. The van der Waals surface area contributed by atoms with Gasteiger partial charge >= 0.3 is 0 Å². The largest absolute Gasteiger partial charge is 0.390 e. The van der Waals surface area contributed by atoms with E-state index >= 15 is 0 Å². The van der Waals surface area contributed by atoms with E-state index in [4.69, 9.17) is 0 Å². The van der Waals surface area contributed by atoms with Crippen molar-refractivity contribution < 1.29 is 5.11 Å². The number of hydrogen-bond donors (Lipinski definition) is 1. The molecule has 2 saturated carbocycles.